The number of likely N-dealkylation sites (tertiary alicyclic amines) is 1. The van der Waals surface area contributed by atoms with Crippen molar-refractivity contribution >= 4 is 11.6 Å². The summed E-state index contributed by atoms with van der Waals surface area (Å²) in [6.45, 7) is 3.88. The van der Waals surface area contributed by atoms with Crippen molar-refractivity contribution < 1.29 is 14.4 Å². The molecule has 1 saturated carbocycles. The fraction of sp³-hybridized carbons (Fsp3) is 0.571. The van der Waals surface area contributed by atoms with Crippen LogP contribution in [0.5, 0.6) is 0 Å². The normalized spacial score (nSPS) is 40.3. The smallest absolute Gasteiger partial charge is 0.264 e. The fourth-order valence-electron chi connectivity index (χ4n) is 6.01. The van der Waals surface area contributed by atoms with E-state index in [2.05, 4.69) is 31.0 Å². The number of benzene rings is 1. The molecule has 4 bridgehead atoms. The van der Waals surface area contributed by atoms with Crippen LogP contribution in [0, 0.1) is 11.8 Å². The largest absolute Gasteiger partial charge is 0.376 e. The van der Waals surface area contributed by atoms with Crippen molar-refractivity contribution in [3.8, 4) is 0 Å². The number of allylic oxidation sites excluding steroid dienone is 1. The Morgan fingerprint density at radius 3 is 2.92 bits per heavy atom. The van der Waals surface area contributed by atoms with Crippen LogP contribution in [0.25, 0.3) is 0 Å². The number of hydroxylamine groups is 1. The molecule has 6 rings (SSSR count). The Kier molecular flexibility index (Phi) is 3.58. The molecule has 5 aliphatic rings. The Morgan fingerprint density at radius 1 is 1.35 bits per heavy atom. The van der Waals surface area contributed by atoms with Crippen molar-refractivity contribution in [3.05, 3.63) is 41.5 Å². The highest BCUT2D eigenvalue weighted by atomic mass is 16.7. The van der Waals surface area contributed by atoms with Crippen molar-refractivity contribution in [1.29, 1.82) is 0 Å². The van der Waals surface area contributed by atoms with Gasteiger partial charge in [-0.1, -0.05) is 29.8 Å². The molecular formula is C21H26N2O3. The molecule has 1 aromatic carbocycles. The average Bonchev–Trinajstić information content (AvgIpc) is 2.77. The first-order chi connectivity index (χ1) is 12.6. The van der Waals surface area contributed by atoms with Gasteiger partial charge in [0.2, 0.25) is 0 Å². The first kappa shape index (κ1) is 16.5. The molecule has 1 amide bonds. The van der Waals surface area contributed by atoms with Crippen molar-refractivity contribution in [2.75, 3.05) is 32.4 Å². The zero-order valence-corrected chi connectivity index (χ0v) is 15.6. The minimum absolute atomic E-state index is 0.0369. The van der Waals surface area contributed by atoms with Crippen LogP contribution in [0.15, 0.2) is 35.9 Å². The number of anilines is 1. The summed E-state index contributed by atoms with van der Waals surface area (Å²) in [6.07, 6.45) is 3.91. The maximum atomic E-state index is 13.6. The molecule has 4 heterocycles. The van der Waals surface area contributed by atoms with Gasteiger partial charge in [0.1, 0.15) is 5.41 Å². The molecule has 26 heavy (non-hydrogen) atoms. The molecule has 138 valence electrons. The number of hydrogen-bond donors (Lipinski definition) is 0. The second-order valence-electron chi connectivity index (χ2n) is 8.15. The third-order valence-electron chi connectivity index (χ3n) is 7.25. The molecular weight excluding hydrogens is 328 g/mol. The molecule has 4 fully saturated rings. The van der Waals surface area contributed by atoms with Crippen LogP contribution in [-0.2, 0) is 19.8 Å². The predicted octanol–water partition coefficient (Wildman–Crippen LogP) is 2.52. The number of ether oxygens (including phenoxy) is 1. The number of carbonyl (C=O) groups excluding carboxylic acids is 1. The molecule has 0 radical (unpaired) electrons. The lowest BCUT2D eigenvalue weighted by molar-refractivity contribution is -0.137. The second kappa shape index (κ2) is 5.65. The van der Waals surface area contributed by atoms with Gasteiger partial charge in [-0.25, -0.2) is 0 Å². The second-order valence-corrected chi connectivity index (χ2v) is 8.15. The standard InChI is InChI=1S/C21H26N2O3/c1-4-13-11-22(2)18-10-21(19-9-14(13)15(18)12-26-19)16-7-5-6-8-17(16)23(25-3)20(21)24/h4-8,14-15,18-19H,9-12H2,1-3H3/t14?,15?,18?,19?,21-/m0/s1. The Hall–Kier alpha value is -1.69. The van der Waals surface area contributed by atoms with Crippen molar-refractivity contribution in [3.63, 3.8) is 0 Å². The molecule has 0 N–H and O–H groups in total. The summed E-state index contributed by atoms with van der Waals surface area (Å²) in [5, 5.41) is 1.48. The number of rotatable bonds is 1. The molecule has 1 spiro atoms. The lowest BCUT2D eigenvalue weighted by Crippen LogP contribution is -2.50. The summed E-state index contributed by atoms with van der Waals surface area (Å²) >= 11 is 0. The third kappa shape index (κ3) is 1.89. The molecule has 1 aliphatic carbocycles. The number of para-hydroxylation sites is 1. The molecule has 4 unspecified atom stereocenters. The molecule has 5 atom stereocenters. The van der Waals surface area contributed by atoms with Crippen LogP contribution in [-0.4, -0.2) is 50.3 Å². The summed E-state index contributed by atoms with van der Waals surface area (Å²) in [7, 11) is 3.77. The highest BCUT2D eigenvalue weighted by molar-refractivity contribution is 6.07. The number of amides is 1. The minimum Gasteiger partial charge on any atom is -0.376 e. The molecule has 4 aliphatic heterocycles. The third-order valence-corrected chi connectivity index (χ3v) is 7.25. The van der Waals surface area contributed by atoms with E-state index in [0.717, 1.165) is 37.2 Å². The monoisotopic (exact) mass is 354 g/mol. The highest BCUT2D eigenvalue weighted by Gasteiger charge is 2.63. The number of fused-ring (bicyclic) bond motifs is 2. The Morgan fingerprint density at radius 2 is 2.15 bits per heavy atom. The van der Waals surface area contributed by atoms with Crippen LogP contribution < -0.4 is 5.06 Å². The molecule has 5 heteroatoms. The van der Waals surface area contributed by atoms with Crippen molar-refractivity contribution in [1.82, 2.24) is 4.90 Å². The molecule has 3 saturated heterocycles. The first-order valence-corrected chi connectivity index (χ1v) is 9.57. The fourth-order valence-corrected chi connectivity index (χ4v) is 6.01. The van der Waals surface area contributed by atoms with Crippen molar-refractivity contribution in [2.45, 2.75) is 37.3 Å². The van der Waals surface area contributed by atoms with Crippen LogP contribution in [0.2, 0.25) is 0 Å². The molecule has 0 aromatic heterocycles. The minimum atomic E-state index is -0.641. The van der Waals surface area contributed by atoms with E-state index in [1.54, 1.807) is 7.11 Å². The van der Waals surface area contributed by atoms with Gasteiger partial charge in [0.25, 0.3) is 5.91 Å². The average molecular weight is 354 g/mol. The van der Waals surface area contributed by atoms with Gasteiger partial charge < -0.3 is 4.74 Å². The molecule has 5 nitrogen and oxygen atoms in total. The Bertz CT molecular complexity index is 791. The van der Waals surface area contributed by atoms with Crippen LogP contribution in [0.3, 0.4) is 0 Å². The number of likely N-dealkylation sites (N-methyl/N-ethyl adjacent to an activating group) is 1. The van der Waals surface area contributed by atoms with Gasteiger partial charge in [-0.3, -0.25) is 14.5 Å². The first-order valence-electron chi connectivity index (χ1n) is 9.57. The number of piperidine rings is 1. The van der Waals surface area contributed by atoms with Gasteiger partial charge in [-0.2, -0.15) is 5.06 Å². The van der Waals surface area contributed by atoms with Crippen LogP contribution >= 0.6 is 0 Å². The summed E-state index contributed by atoms with van der Waals surface area (Å²) in [5.74, 6) is 1.03. The predicted molar refractivity (Wildman–Crippen MR) is 98.7 cm³/mol. The van der Waals surface area contributed by atoms with Gasteiger partial charge in [0.05, 0.1) is 25.5 Å². The molecule has 1 aromatic rings. The number of hydrogen-bond acceptors (Lipinski definition) is 4. The zero-order valence-electron chi connectivity index (χ0n) is 15.6. The van der Waals surface area contributed by atoms with Gasteiger partial charge in [0, 0.05) is 18.5 Å². The van der Waals surface area contributed by atoms with Crippen molar-refractivity contribution in [2.24, 2.45) is 11.8 Å². The van der Waals surface area contributed by atoms with E-state index in [4.69, 9.17) is 9.57 Å². The zero-order chi connectivity index (χ0) is 18.1. The summed E-state index contributed by atoms with van der Waals surface area (Å²) in [6, 6.07) is 8.42. The van der Waals surface area contributed by atoms with E-state index in [0.29, 0.717) is 17.9 Å². The lowest BCUT2D eigenvalue weighted by Gasteiger charge is -2.46. The number of carbonyl (C=O) groups is 1. The maximum Gasteiger partial charge on any atom is 0.264 e. The van der Waals surface area contributed by atoms with E-state index in [1.165, 1.54) is 10.6 Å². The highest BCUT2D eigenvalue weighted by Crippen LogP contribution is 2.57. The van der Waals surface area contributed by atoms with E-state index >= 15 is 0 Å². The summed E-state index contributed by atoms with van der Waals surface area (Å²) < 4.78 is 6.38. The van der Waals surface area contributed by atoms with Gasteiger partial charge in [0.15, 0.2) is 0 Å². The summed E-state index contributed by atoms with van der Waals surface area (Å²) in [5.41, 5.74) is 2.80. The number of nitrogens with zero attached hydrogens (tertiary/aromatic N) is 2. The topological polar surface area (TPSA) is 42.0 Å². The van der Waals surface area contributed by atoms with Gasteiger partial charge in [-0.15, -0.1) is 0 Å². The van der Waals surface area contributed by atoms with Crippen LogP contribution in [0.4, 0.5) is 5.69 Å². The van der Waals surface area contributed by atoms with Gasteiger partial charge in [-0.05, 0) is 44.4 Å². The Balaban J connectivity index is 1.70. The van der Waals surface area contributed by atoms with Gasteiger partial charge >= 0.3 is 0 Å². The van der Waals surface area contributed by atoms with E-state index < -0.39 is 5.41 Å². The maximum absolute atomic E-state index is 13.6. The SMILES string of the molecule is CC=C1CN(C)C2C[C@@]3(C(=O)N(OC)c4ccccc43)C3CC1C2CO3. The van der Waals surface area contributed by atoms with E-state index in [1.807, 2.05) is 18.2 Å². The van der Waals surface area contributed by atoms with E-state index in [9.17, 15) is 4.79 Å². The lowest BCUT2D eigenvalue weighted by atomic mass is 9.72. The van der Waals surface area contributed by atoms with Crippen LogP contribution in [0.1, 0.15) is 25.3 Å². The summed E-state index contributed by atoms with van der Waals surface area (Å²) in [4.78, 5) is 21.6. The quantitative estimate of drug-likeness (QED) is 0.727. The van der Waals surface area contributed by atoms with E-state index in [-0.39, 0.29) is 12.0 Å². The Labute approximate surface area is 154 Å².